The minimum atomic E-state index is -1.16. The van der Waals surface area contributed by atoms with Crippen LogP contribution in [-0.2, 0) is 5.60 Å². The summed E-state index contributed by atoms with van der Waals surface area (Å²) in [6, 6.07) is 19.7. The lowest BCUT2D eigenvalue weighted by Gasteiger charge is -2.18. The molecule has 0 bridgehead atoms. The molecule has 7 heteroatoms. The van der Waals surface area contributed by atoms with Gasteiger partial charge in [-0.05, 0) is 56.7 Å². The molecular formula is C26H24FN3O2S. The quantitative estimate of drug-likeness (QED) is 0.329. The normalized spacial score (nSPS) is 11.4. The Kier molecular flexibility index (Phi) is 6.01. The predicted octanol–water partition coefficient (Wildman–Crippen LogP) is 5.99. The van der Waals surface area contributed by atoms with E-state index >= 15 is 0 Å². The Labute approximate surface area is 195 Å². The lowest BCUT2D eigenvalue weighted by Crippen LogP contribution is -2.15. The van der Waals surface area contributed by atoms with E-state index in [2.05, 4.69) is 10.3 Å². The van der Waals surface area contributed by atoms with Crippen molar-refractivity contribution in [2.75, 3.05) is 5.32 Å². The third-order valence-electron chi connectivity index (χ3n) is 5.24. The van der Waals surface area contributed by atoms with Gasteiger partial charge in [0.05, 0.1) is 16.9 Å². The molecule has 0 aliphatic rings. The Hall–Kier alpha value is -3.55. The van der Waals surface area contributed by atoms with Gasteiger partial charge in [-0.3, -0.25) is 4.79 Å². The first-order chi connectivity index (χ1) is 15.6. The number of thiophene rings is 1. The number of carbonyl (C=O) groups is 1. The first-order valence-electron chi connectivity index (χ1n) is 10.4. The number of carbonyl (C=O) groups excluding carboxylic acids is 1. The van der Waals surface area contributed by atoms with Crippen molar-refractivity contribution in [3.8, 4) is 21.7 Å². The molecule has 4 aromatic rings. The van der Waals surface area contributed by atoms with Gasteiger partial charge in [-0.15, -0.1) is 11.3 Å². The second-order valence-electron chi connectivity index (χ2n) is 8.37. The highest BCUT2D eigenvalue weighted by Crippen LogP contribution is 2.39. The number of anilines is 2. The summed E-state index contributed by atoms with van der Waals surface area (Å²) in [5.74, 6) is -0.566. The summed E-state index contributed by atoms with van der Waals surface area (Å²) >= 11 is 1.21. The van der Waals surface area contributed by atoms with Crippen LogP contribution in [0.1, 0.15) is 35.3 Å². The van der Waals surface area contributed by atoms with Gasteiger partial charge in [0, 0.05) is 16.0 Å². The van der Waals surface area contributed by atoms with E-state index in [4.69, 9.17) is 5.73 Å². The number of aliphatic hydroxyl groups is 1. The highest BCUT2D eigenvalue weighted by Gasteiger charge is 2.21. The Morgan fingerprint density at radius 2 is 1.85 bits per heavy atom. The monoisotopic (exact) mass is 461 g/mol. The Balaban J connectivity index is 1.69. The predicted molar refractivity (Wildman–Crippen MR) is 131 cm³/mol. The number of amides is 1. The van der Waals surface area contributed by atoms with E-state index in [1.165, 1.54) is 17.4 Å². The molecule has 0 saturated carbocycles. The first-order valence-corrected chi connectivity index (χ1v) is 11.2. The Morgan fingerprint density at radius 1 is 1.09 bits per heavy atom. The number of benzene rings is 2. The second kappa shape index (κ2) is 8.77. The lowest BCUT2D eigenvalue weighted by molar-refractivity contribution is 0.0782. The molecule has 2 aromatic carbocycles. The van der Waals surface area contributed by atoms with E-state index in [1.54, 1.807) is 38.1 Å². The van der Waals surface area contributed by atoms with Crippen molar-refractivity contribution < 1.29 is 14.3 Å². The van der Waals surface area contributed by atoms with Crippen molar-refractivity contribution in [2.45, 2.75) is 26.4 Å². The average Bonchev–Trinajstić information content (AvgIpc) is 3.17. The van der Waals surface area contributed by atoms with Crippen LogP contribution >= 0.6 is 11.3 Å². The summed E-state index contributed by atoms with van der Waals surface area (Å²) in [5, 5.41) is 13.8. The molecule has 2 heterocycles. The molecule has 33 heavy (non-hydrogen) atoms. The summed E-state index contributed by atoms with van der Waals surface area (Å²) in [7, 11) is 0. The maximum atomic E-state index is 14.9. The van der Waals surface area contributed by atoms with Crippen LogP contribution in [0.2, 0.25) is 0 Å². The summed E-state index contributed by atoms with van der Waals surface area (Å²) in [4.78, 5) is 17.3. The number of pyridine rings is 1. The molecule has 0 spiro atoms. The van der Waals surface area contributed by atoms with Crippen molar-refractivity contribution in [1.82, 2.24) is 4.98 Å². The van der Waals surface area contributed by atoms with Crippen molar-refractivity contribution in [3.63, 3.8) is 0 Å². The topological polar surface area (TPSA) is 88.2 Å². The molecule has 4 N–H and O–H groups in total. The lowest BCUT2D eigenvalue weighted by atomic mass is 9.96. The van der Waals surface area contributed by atoms with E-state index < -0.39 is 17.3 Å². The zero-order valence-electron chi connectivity index (χ0n) is 18.5. The molecule has 0 aliphatic carbocycles. The second-order valence-corrected chi connectivity index (χ2v) is 9.43. The zero-order valence-corrected chi connectivity index (χ0v) is 19.3. The number of aromatic nitrogens is 1. The number of aryl methyl sites for hydroxylation is 1. The number of rotatable bonds is 6. The van der Waals surface area contributed by atoms with Crippen LogP contribution in [0, 0.1) is 12.7 Å². The van der Waals surface area contributed by atoms with Crippen molar-refractivity contribution in [3.05, 3.63) is 89.2 Å². The van der Waals surface area contributed by atoms with Crippen LogP contribution in [0.5, 0.6) is 0 Å². The number of nitrogens with zero attached hydrogens (tertiary/aromatic N) is 1. The summed E-state index contributed by atoms with van der Waals surface area (Å²) in [6.07, 6.45) is 0. The van der Waals surface area contributed by atoms with Crippen LogP contribution in [0.3, 0.4) is 0 Å². The minimum Gasteiger partial charge on any atom is -0.386 e. The average molecular weight is 462 g/mol. The molecule has 0 atom stereocenters. The molecule has 4 rings (SSSR count). The van der Waals surface area contributed by atoms with Gasteiger partial charge < -0.3 is 16.2 Å². The maximum absolute atomic E-state index is 14.9. The first kappa shape index (κ1) is 22.6. The number of hydrogen-bond acceptors (Lipinski definition) is 5. The fourth-order valence-electron chi connectivity index (χ4n) is 3.48. The standard InChI is InChI=1S/C26H24FN3O2S/c1-15-6-4-7-16(12-15)21-8-5-9-23(29-21)30-25-19(24(28)31)14-22(33-25)18-11-10-17(13-20(18)27)26(2,3)32/h4-14,32H,1-3H3,(H2,28,31)(H,29,30). The van der Waals surface area contributed by atoms with E-state index in [0.717, 1.165) is 16.8 Å². The molecular weight excluding hydrogens is 437 g/mol. The molecule has 0 saturated heterocycles. The van der Waals surface area contributed by atoms with Crippen LogP contribution < -0.4 is 11.1 Å². The van der Waals surface area contributed by atoms with E-state index in [-0.39, 0.29) is 5.56 Å². The summed E-state index contributed by atoms with van der Waals surface area (Å²) in [6.45, 7) is 5.21. The van der Waals surface area contributed by atoms with Gasteiger partial charge in [-0.1, -0.05) is 42.0 Å². The largest absolute Gasteiger partial charge is 0.386 e. The van der Waals surface area contributed by atoms with Gasteiger partial charge in [0.25, 0.3) is 5.91 Å². The summed E-state index contributed by atoms with van der Waals surface area (Å²) in [5.41, 5.74) is 8.38. The number of primary amides is 1. The molecule has 1 amide bonds. The fraction of sp³-hybridized carbons (Fsp3) is 0.154. The van der Waals surface area contributed by atoms with Crippen LogP contribution in [0.25, 0.3) is 21.7 Å². The summed E-state index contributed by atoms with van der Waals surface area (Å²) < 4.78 is 14.9. The van der Waals surface area contributed by atoms with E-state index in [0.29, 0.717) is 26.8 Å². The van der Waals surface area contributed by atoms with Gasteiger partial charge in [0.15, 0.2) is 0 Å². The van der Waals surface area contributed by atoms with Gasteiger partial charge in [-0.2, -0.15) is 0 Å². The van der Waals surface area contributed by atoms with E-state index in [1.807, 2.05) is 43.3 Å². The molecule has 0 fully saturated rings. The van der Waals surface area contributed by atoms with E-state index in [9.17, 15) is 14.3 Å². The Morgan fingerprint density at radius 3 is 2.52 bits per heavy atom. The Bertz CT molecular complexity index is 1340. The van der Waals surface area contributed by atoms with Crippen molar-refractivity contribution >= 4 is 28.1 Å². The number of nitrogens with two attached hydrogens (primary N) is 1. The van der Waals surface area contributed by atoms with Crippen LogP contribution in [0.4, 0.5) is 15.2 Å². The van der Waals surface area contributed by atoms with Gasteiger partial charge >= 0.3 is 0 Å². The SMILES string of the molecule is Cc1cccc(-c2cccc(Nc3sc(-c4ccc(C(C)(C)O)cc4F)cc3C(N)=O)n2)c1. The number of hydrogen-bond donors (Lipinski definition) is 3. The van der Waals surface area contributed by atoms with Crippen LogP contribution in [-0.4, -0.2) is 16.0 Å². The van der Waals surface area contributed by atoms with Gasteiger partial charge in [-0.25, -0.2) is 9.37 Å². The van der Waals surface area contributed by atoms with Crippen molar-refractivity contribution in [2.24, 2.45) is 5.73 Å². The minimum absolute atomic E-state index is 0.253. The van der Waals surface area contributed by atoms with Crippen LogP contribution in [0.15, 0.2) is 66.7 Å². The van der Waals surface area contributed by atoms with Gasteiger partial charge in [0.1, 0.15) is 16.6 Å². The highest BCUT2D eigenvalue weighted by molar-refractivity contribution is 7.19. The zero-order chi connectivity index (χ0) is 23.8. The number of nitrogens with one attached hydrogen (secondary N) is 1. The fourth-order valence-corrected chi connectivity index (χ4v) is 4.58. The molecule has 0 unspecified atom stereocenters. The molecule has 2 aromatic heterocycles. The number of halogens is 1. The molecule has 168 valence electrons. The molecule has 5 nitrogen and oxygen atoms in total. The molecule has 0 radical (unpaired) electrons. The molecule has 0 aliphatic heterocycles. The smallest absolute Gasteiger partial charge is 0.251 e. The van der Waals surface area contributed by atoms with Crippen molar-refractivity contribution in [1.29, 1.82) is 0 Å². The highest BCUT2D eigenvalue weighted by atomic mass is 32.1. The van der Waals surface area contributed by atoms with Gasteiger partial charge in [0.2, 0.25) is 0 Å². The third-order valence-corrected chi connectivity index (χ3v) is 6.33. The third kappa shape index (κ3) is 4.94. The maximum Gasteiger partial charge on any atom is 0.251 e.